The number of ether oxygens (including phenoxy) is 1. The first-order valence-electron chi connectivity index (χ1n) is 6.62. The fourth-order valence-corrected chi connectivity index (χ4v) is 2.40. The van der Waals surface area contributed by atoms with Crippen molar-refractivity contribution in [2.45, 2.75) is 33.3 Å². The van der Waals surface area contributed by atoms with Gasteiger partial charge in [-0.2, -0.15) is 0 Å². The van der Waals surface area contributed by atoms with E-state index in [-0.39, 0.29) is 11.9 Å². The minimum Gasteiger partial charge on any atom is -0.461 e. The SMILES string of the molecule is CC(C)CC(CN)CC(=O)OCc1ccccc1Br. The zero-order valence-corrected chi connectivity index (χ0v) is 13.2. The number of esters is 1. The maximum absolute atomic E-state index is 11.8. The Kier molecular flexibility index (Phi) is 7.10. The van der Waals surface area contributed by atoms with E-state index in [1.807, 2.05) is 24.3 Å². The molecule has 19 heavy (non-hydrogen) atoms. The van der Waals surface area contributed by atoms with Gasteiger partial charge in [0.2, 0.25) is 0 Å². The molecule has 1 aromatic carbocycles. The van der Waals surface area contributed by atoms with Crippen LogP contribution in [0.4, 0.5) is 0 Å². The quantitative estimate of drug-likeness (QED) is 0.780. The molecule has 0 heterocycles. The topological polar surface area (TPSA) is 52.3 Å². The minimum absolute atomic E-state index is 0.174. The molecule has 0 aromatic heterocycles. The summed E-state index contributed by atoms with van der Waals surface area (Å²) in [6.07, 6.45) is 1.36. The number of halogens is 1. The smallest absolute Gasteiger partial charge is 0.306 e. The lowest BCUT2D eigenvalue weighted by Crippen LogP contribution is -2.21. The van der Waals surface area contributed by atoms with Crippen LogP contribution in [0.25, 0.3) is 0 Å². The van der Waals surface area contributed by atoms with E-state index in [1.165, 1.54) is 0 Å². The second kappa shape index (κ2) is 8.33. The van der Waals surface area contributed by atoms with Crippen molar-refractivity contribution in [3.05, 3.63) is 34.3 Å². The zero-order valence-electron chi connectivity index (χ0n) is 11.6. The van der Waals surface area contributed by atoms with Gasteiger partial charge in [0.25, 0.3) is 0 Å². The van der Waals surface area contributed by atoms with Gasteiger partial charge in [-0.05, 0) is 30.9 Å². The van der Waals surface area contributed by atoms with Crippen molar-refractivity contribution in [3.8, 4) is 0 Å². The van der Waals surface area contributed by atoms with E-state index < -0.39 is 0 Å². The second-order valence-electron chi connectivity index (χ2n) is 5.19. The highest BCUT2D eigenvalue weighted by atomic mass is 79.9. The highest BCUT2D eigenvalue weighted by Gasteiger charge is 2.15. The molecule has 1 aromatic rings. The fourth-order valence-electron chi connectivity index (χ4n) is 2.00. The van der Waals surface area contributed by atoms with Crippen molar-refractivity contribution in [2.75, 3.05) is 6.54 Å². The lowest BCUT2D eigenvalue weighted by molar-refractivity contribution is -0.146. The highest BCUT2D eigenvalue weighted by Crippen LogP contribution is 2.18. The summed E-state index contributed by atoms with van der Waals surface area (Å²) >= 11 is 3.43. The molecule has 1 rings (SSSR count). The molecule has 0 amide bonds. The lowest BCUT2D eigenvalue weighted by Gasteiger charge is -2.16. The highest BCUT2D eigenvalue weighted by molar-refractivity contribution is 9.10. The minimum atomic E-state index is -0.174. The number of benzene rings is 1. The largest absolute Gasteiger partial charge is 0.461 e. The predicted octanol–water partition coefficient (Wildman–Crippen LogP) is 3.50. The van der Waals surface area contributed by atoms with Crippen LogP contribution in [0.2, 0.25) is 0 Å². The van der Waals surface area contributed by atoms with Crippen LogP contribution < -0.4 is 5.73 Å². The Bertz CT molecular complexity index is 407. The Morgan fingerprint density at radius 2 is 2.05 bits per heavy atom. The second-order valence-corrected chi connectivity index (χ2v) is 6.04. The maximum Gasteiger partial charge on any atom is 0.306 e. The molecule has 0 bridgehead atoms. The van der Waals surface area contributed by atoms with Crippen molar-refractivity contribution in [3.63, 3.8) is 0 Å². The third-order valence-corrected chi connectivity index (χ3v) is 3.71. The van der Waals surface area contributed by atoms with Gasteiger partial charge in [0.05, 0.1) is 0 Å². The number of carbonyl (C=O) groups is 1. The predicted molar refractivity (Wildman–Crippen MR) is 80.6 cm³/mol. The van der Waals surface area contributed by atoms with Crippen molar-refractivity contribution in [1.82, 2.24) is 0 Å². The van der Waals surface area contributed by atoms with Crippen molar-refractivity contribution < 1.29 is 9.53 Å². The maximum atomic E-state index is 11.8. The van der Waals surface area contributed by atoms with Gasteiger partial charge in [0.1, 0.15) is 6.61 Å². The van der Waals surface area contributed by atoms with Gasteiger partial charge in [-0.1, -0.05) is 48.0 Å². The first-order valence-corrected chi connectivity index (χ1v) is 7.41. The van der Waals surface area contributed by atoms with E-state index >= 15 is 0 Å². The van der Waals surface area contributed by atoms with Gasteiger partial charge < -0.3 is 10.5 Å². The van der Waals surface area contributed by atoms with E-state index in [1.54, 1.807) is 0 Å². The van der Waals surface area contributed by atoms with Crippen molar-refractivity contribution in [1.29, 1.82) is 0 Å². The van der Waals surface area contributed by atoms with Crippen molar-refractivity contribution >= 4 is 21.9 Å². The van der Waals surface area contributed by atoms with Gasteiger partial charge in [-0.25, -0.2) is 0 Å². The average molecular weight is 328 g/mol. The van der Waals surface area contributed by atoms with E-state index in [0.717, 1.165) is 16.5 Å². The van der Waals surface area contributed by atoms with Gasteiger partial charge in [-0.3, -0.25) is 4.79 Å². The molecule has 0 aliphatic rings. The summed E-state index contributed by atoms with van der Waals surface area (Å²) in [6.45, 7) is 5.10. The third kappa shape index (κ3) is 6.21. The zero-order chi connectivity index (χ0) is 14.3. The summed E-state index contributed by atoms with van der Waals surface area (Å²) in [4.78, 5) is 11.8. The van der Waals surface area contributed by atoms with Crippen LogP contribution in [0.3, 0.4) is 0 Å². The van der Waals surface area contributed by atoms with Crippen molar-refractivity contribution in [2.24, 2.45) is 17.6 Å². The number of nitrogens with two attached hydrogens (primary N) is 1. The molecule has 1 atom stereocenters. The monoisotopic (exact) mass is 327 g/mol. The Balaban J connectivity index is 2.41. The van der Waals surface area contributed by atoms with Gasteiger partial charge in [0.15, 0.2) is 0 Å². The molecule has 0 aliphatic carbocycles. The molecular formula is C15H22BrNO2. The van der Waals surface area contributed by atoms with E-state index in [4.69, 9.17) is 10.5 Å². The molecular weight excluding hydrogens is 306 g/mol. The number of rotatable bonds is 7. The molecule has 4 heteroatoms. The van der Waals surface area contributed by atoms with Crippen LogP contribution in [-0.4, -0.2) is 12.5 Å². The molecule has 0 fully saturated rings. The first-order chi connectivity index (χ1) is 9.02. The molecule has 0 saturated heterocycles. The number of hydrogen-bond acceptors (Lipinski definition) is 3. The molecule has 0 radical (unpaired) electrons. The molecule has 0 spiro atoms. The summed E-state index contributed by atoms with van der Waals surface area (Å²) in [7, 11) is 0. The molecule has 106 valence electrons. The van der Waals surface area contributed by atoms with Crippen LogP contribution in [0, 0.1) is 11.8 Å². The molecule has 0 saturated carbocycles. The van der Waals surface area contributed by atoms with E-state index in [9.17, 15) is 4.79 Å². The third-order valence-electron chi connectivity index (χ3n) is 2.94. The summed E-state index contributed by atoms with van der Waals surface area (Å²) in [6, 6.07) is 7.73. The molecule has 0 aliphatic heterocycles. The summed E-state index contributed by atoms with van der Waals surface area (Å²) < 4.78 is 6.26. The summed E-state index contributed by atoms with van der Waals surface area (Å²) in [5.41, 5.74) is 6.66. The van der Waals surface area contributed by atoms with Crippen LogP contribution >= 0.6 is 15.9 Å². The Labute approximate surface area is 123 Å². The fraction of sp³-hybridized carbons (Fsp3) is 0.533. The van der Waals surface area contributed by atoms with Crippen LogP contribution in [-0.2, 0) is 16.1 Å². The first kappa shape index (κ1) is 16.2. The molecule has 2 N–H and O–H groups in total. The lowest BCUT2D eigenvalue weighted by atomic mass is 9.94. The van der Waals surface area contributed by atoms with E-state index in [0.29, 0.717) is 25.5 Å². The Morgan fingerprint density at radius 3 is 2.63 bits per heavy atom. The van der Waals surface area contributed by atoms with Crippen LogP contribution in [0.1, 0.15) is 32.3 Å². The van der Waals surface area contributed by atoms with E-state index in [2.05, 4.69) is 29.8 Å². The number of hydrogen-bond donors (Lipinski definition) is 1. The van der Waals surface area contributed by atoms with Gasteiger partial charge in [0, 0.05) is 16.5 Å². The van der Waals surface area contributed by atoms with Gasteiger partial charge >= 0.3 is 5.97 Å². The van der Waals surface area contributed by atoms with Gasteiger partial charge in [-0.15, -0.1) is 0 Å². The summed E-state index contributed by atoms with van der Waals surface area (Å²) in [5.74, 6) is 0.586. The molecule has 3 nitrogen and oxygen atoms in total. The Hall–Kier alpha value is -0.870. The average Bonchev–Trinajstić information content (AvgIpc) is 2.36. The summed E-state index contributed by atoms with van der Waals surface area (Å²) in [5, 5.41) is 0. The molecule has 1 unspecified atom stereocenters. The normalized spacial score (nSPS) is 12.5. The Morgan fingerprint density at radius 1 is 1.37 bits per heavy atom. The van der Waals surface area contributed by atoms with Crippen LogP contribution in [0.5, 0.6) is 0 Å². The number of carbonyl (C=O) groups excluding carboxylic acids is 1. The standard InChI is InChI=1S/C15H22BrNO2/c1-11(2)7-12(9-17)8-15(18)19-10-13-5-3-4-6-14(13)16/h3-6,11-12H,7-10,17H2,1-2H3. The van der Waals surface area contributed by atoms with Crippen LogP contribution in [0.15, 0.2) is 28.7 Å².